The SMILES string of the molecule is CCc1ccc(O[C@@H](C)c2nnc(SCC(=O)Nc3cc(F)ccc3C)n2CC)cc1. The minimum atomic E-state index is -0.387. The summed E-state index contributed by atoms with van der Waals surface area (Å²) in [5.41, 5.74) is 2.53. The van der Waals surface area contributed by atoms with Crippen molar-refractivity contribution in [3.63, 3.8) is 0 Å². The van der Waals surface area contributed by atoms with Gasteiger partial charge in [-0.25, -0.2) is 4.39 Å². The normalized spacial score (nSPS) is 11.9. The molecule has 0 aliphatic rings. The van der Waals surface area contributed by atoms with Gasteiger partial charge in [0.05, 0.1) is 5.75 Å². The Balaban J connectivity index is 1.63. The molecule has 6 nitrogen and oxygen atoms in total. The van der Waals surface area contributed by atoms with E-state index in [0.717, 1.165) is 17.7 Å². The molecule has 1 atom stereocenters. The van der Waals surface area contributed by atoms with Gasteiger partial charge in [0.25, 0.3) is 0 Å². The molecule has 164 valence electrons. The van der Waals surface area contributed by atoms with Crippen LogP contribution >= 0.6 is 11.8 Å². The average molecular weight is 443 g/mol. The molecule has 0 radical (unpaired) electrons. The molecule has 1 amide bonds. The molecule has 0 fully saturated rings. The van der Waals surface area contributed by atoms with Crippen LogP contribution in [0, 0.1) is 12.7 Å². The molecule has 0 bridgehead atoms. The predicted octanol–water partition coefficient (Wildman–Crippen LogP) is 5.18. The molecule has 0 saturated heterocycles. The number of hydrogen-bond acceptors (Lipinski definition) is 5. The third-order valence-electron chi connectivity index (χ3n) is 4.88. The van der Waals surface area contributed by atoms with E-state index in [9.17, 15) is 9.18 Å². The highest BCUT2D eigenvalue weighted by Crippen LogP contribution is 2.25. The molecule has 0 aliphatic heterocycles. The van der Waals surface area contributed by atoms with E-state index in [4.69, 9.17) is 4.74 Å². The zero-order valence-electron chi connectivity index (χ0n) is 18.2. The lowest BCUT2D eigenvalue weighted by molar-refractivity contribution is -0.113. The van der Waals surface area contributed by atoms with Crippen LogP contribution in [0.25, 0.3) is 0 Å². The zero-order valence-corrected chi connectivity index (χ0v) is 19.0. The first-order valence-corrected chi connectivity index (χ1v) is 11.3. The second kappa shape index (κ2) is 10.4. The molecule has 3 rings (SSSR count). The molecule has 1 heterocycles. The molecular formula is C23H27FN4O2S. The summed E-state index contributed by atoms with van der Waals surface area (Å²) in [5.74, 6) is 0.996. The highest BCUT2D eigenvalue weighted by Gasteiger charge is 2.19. The van der Waals surface area contributed by atoms with E-state index in [1.807, 2.05) is 49.6 Å². The van der Waals surface area contributed by atoms with Crippen LogP contribution in [0.2, 0.25) is 0 Å². The van der Waals surface area contributed by atoms with Crippen molar-refractivity contribution in [2.75, 3.05) is 11.1 Å². The number of aromatic nitrogens is 3. The molecular weight excluding hydrogens is 415 g/mol. The molecule has 3 aromatic rings. The third-order valence-corrected chi connectivity index (χ3v) is 5.84. The van der Waals surface area contributed by atoms with Crippen molar-refractivity contribution in [3.8, 4) is 5.75 Å². The van der Waals surface area contributed by atoms with Crippen molar-refractivity contribution < 1.29 is 13.9 Å². The van der Waals surface area contributed by atoms with Crippen LogP contribution in [0.15, 0.2) is 47.6 Å². The van der Waals surface area contributed by atoms with Crippen molar-refractivity contribution in [2.45, 2.75) is 51.9 Å². The lowest BCUT2D eigenvalue weighted by atomic mass is 10.2. The summed E-state index contributed by atoms with van der Waals surface area (Å²) in [7, 11) is 0. The highest BCUT2D eigenvalue weighted by molar-refractivity contribution is 7.99. The van der Waals surface area contributed by atoms with Crippen LogP contribution in [-0.2, 0) is 17.8 Å². The Morgan fingerprint density at radius 1 is 1.19 bits per heavy atom. The molecule has 0 aliphatic carbocycles. The van der Waals surface area contributed by atoms with Gasteiger partial charge in [0.15, 0.2) is 17.1 Å². The van der Waals surface area contributed by atoms with Gasteiger partial charge >= 0.3 is 0 Å². The quantitative estimate of drug-likeness (QED) is 0.463. The number of nitrogens with one attached hydrogen (secondary N) is 1. The van der Waals surface area contributed by atoms with E-state index in [2.05, 4.69) is 22.4 Å². The summed E-state index contributed by atoms with van der Waals surface area (Å²) in [6.45, 7) is 8.51. The summed E-state index contributed by atoms with van der Waals surface area (Å²) < 4.78 is 21.4. The Kier molecular flexibility index (Phi) is 7.68. The number of carbonyl (C=O) groups is 1. The first-order valence-electron chi connectivity index (χ1n) is 10.3. The summed E-state index contributed by atoms with van der Waals surface area (Å²) in [6, 6.07) is 12.3. The van der Waals surface area contributed by atoms with Gasteiger partial charge in [-0.2, -0.15) is 0 Å². The Morgan fingerprint density at radius 2 is 1.94 bits per heavy atom. The summed E-state index contributed by atoms with van der Waals surface area (Å²) >= 11 is 1.29. The van der Waals surface area contributed by atoms with Crippen LogP contribution in [0.4, 0.5) is 10.1 Å². The van der Waals surface area contributed by atoms with Crippen molar-refractivity contribution in [1.82, 2.24) is 14.8 Å². The maximum Gasteiger partial charge on any atom is 0.234 e. The fourth-order valence-corrected chi connectivity index (χ4v) is 3.92. The number of aryl methyl sites for hydroxylation is 2. The topological polar surface area (TPSA) is 69.0 Å². The monoisotopic (exact) mass is 442 g/mol. The zero-order chi connectivity index (χ0) is 22.4. The second-order valence-electron chi connectivity index (χ2n) is 7.14. The maximum atomic E-state index is 13.4. The van der Waals surface area contributed by atoms with Gasteiger partial charge < -0.3 is 14.6 Å². The van der Waals surface area contributed by atoms with Crippen LogP contribution < -0.4 is 10.1 Å². The summed E-state index contributed by atoms with van der Waals surface area (Å²) in [6.07, 6.45) is 0.686. The fourth-order valence-electron chi connectivity index (χ4n) is 3.11. The van der Waals surface area contributed by atoms with Gasteiger partial charge in [0, 0.05) is 12.2 Å². The smallest absolute Gasteiger partial charge is 0.234 e. The maximum absolute atomic E-state index is 13.4. The lowest BCUT2D eigenvalue weighted by Crippen LogP contribution is -2.16. The Bertz CT molecular complexity index is 1040. The molecule has 2 aromatic carbocycles. The van der Waals surface area contributed by atoms with E-state index in [1.54, 1.807) is 6.07 Å². The van der Waals surface area contributed by atoms with Crippen molar-refractivity contribution >= 4 is 23.4 Å². The molecule has 1 aromatic heterocycles. The average Bonchev–Trinajstić information content (AvgIpc) is 3.18. The predicted molar refractivity (Wildman–Crippen MR) is 121 cm³/mol. The van der Waals surface area contributed by atoms with Gasteiger partial charge in [-0.3, -0.25) is 4.79 Å². The standard InChI is InChI=1S/C23H27FN4O2S/c1-5-17-8-11-19(12-9-17)30-16(4)22-26-27-23(28(22)6-2)31-14-21(29)25-20-13-18(24)10-7-15(20)3/h7-13,16H,5-6,14H2,1-4H3,(H,25,29)/t16-/m0/s1. The molecule has 0 saturated carbocycles. The van der Waals surface area contributed by atoms with Crippen molar-refractivity contribution in [1.29, 1.82) is 0 Å². The fraction of sp³-hybridized carbons (Fsp3) is 0.348. The van der Waals surface area contributed by atoms with Gasteiger partial charge in [-0.05, 0) is 62.6 Å². The van der Waals surface area contributed by atoms with Crippen molar-refractivity contribution in [2.24, 2.45) is 0 Å². The molecule has 0 spiro atoms. The first-order chi connectivity index (χ1) is 14.9. The first kappa shape index (κ1) is 22.8. The molecule has 0 unspecified atom stereocenters. The second-order valence-corrected chi connectivity index (χ2v) is 8.08. The number of anilines is 1. The van der Waals surface area contributed by atoms with E-state index in [-0.39, 0.29) is 23.6 Å². The number of rotatable bonds is 9. The molecule has 8 heteroatoms. The van der Waals surface area contributed by atoms with Gasteiger partial charge in [-0.1, -0.05) is 36.9 Å². The third kappa shape index (κ3) is 5.85. The largest absolute Gasteiger partial charge is 0.483 e. The van der Waals surface area contributed by atoms with Gasteiger partial charge in [0.2, 0.25) is 5.91 Å². The van der Waals surface area contributed by atoms with Gasteiger partial charge in [0.1, 0.15) is 11.6 Å². The molecule has 31 heavy (non-hydrogen) atoms. The highest BCUT2D eigenvalue weighted by atomic mass is 32.2. The minimum Gasteiger partial charge on any atom is -0.483 e. The van der Waals surface area contributed by atoms with Crippen LogP contribution in [0.1, 0.15) is 43.8 Å². The number of hydrogen-bond donors (Lipinski definition) is 1. The number of nitrogens with zero attached hydrogens (tertiary/aromatic N) is 3. The van der Waals surface area contributed by atoms with E-state index in [0.29, 0.717) is 23.2 Å². The number of thioether (sulfide) groups is 1. The number of benzene rings is 2. The van der Waals surface area contributed by atoms with E-state index >= 15 is 0 Å². The Hall–Kier alpha value is -2.87. The summed E-state index contributed by atoms with van der Waals surface area (Å²) in [4.78, 5) is 12.3. The van der Waals surface area contributed by atoms with E-state index < -0.39 is 0 Å². The lowest BCUT2D eigenvalue weighted by Gasteiger charge is -2.16. The van der Waals surface area contributed by atoms with Crippen LogP contribution in [0.5, 0.6) is 5.75 Å². The van der Waals surface area contributed by atoms with E-state index in [1.165, 1.54) is 29.5 Å². The Labute approximate surface area is 186 Å². The number of carbonyl (C=O) groups excluding carboxylic acids is 1. The van der Waals surface area contributed by atoms with Crippen LogP contribution in [0.3, 0.4) is 0 Å². The van der Waals surface area contributed by atoms with Gasteiger partial charge in [-0.15, -0.1) is 10.2 Å². The number of amides is 1. The number of halogens is 1. The number of ether oxygens (including phenoxy) is 1. The van der Waals surface area contributed by atoms with Crippen molar-refractivity contribution in [3.05, 3.63) is 65.2 Å². The Morgan fingerprint density at radius 3 is 2.61 bits per heavy atom. The molecule has 1 N–H and O–H groups in total. The van der Waals surface area contributed by atoms with Crippen LogP contribution in [-0.4, -0.2) is 26.4 Å². The minimum absolute atomic E-state index is 0.141. The summed E-state index contributed by atoms with van der Waals surface area (Å²) in [5, 5.41) is 11.9.